The van der Waals surface area contributed by atoms with Gasteiger partial charge in [0, 0.05) is 6.20 Å². The van der Waals surface area contributed by atoms with Crippen LogP contribution in [-0.4, -0.2) is 36.3 Å². The van der Waals surface area contributed by atoms with Gasteiger partial charge in [0.1, 0.15) is 5.82 Å². The Morgan fingerprint density at radius 2 is 2.04 bits per heavy atom. The summed E-state index contributed by atoms with van der Waals surface area (Å²) in [4.78, 5) is 16.4. The third kappa shape index (κ3) is 4.20. The van der Waals surface area contributed by atoms with Crippen molar-refractivity contribution in [1.82, 2.24) is 25.2 Å². The largest absolute Gasteiger partial charge is 0.310 e. The number of rotatable bonds is 5. The summed E-state index contributed by atoms with van der Waals surface area (Å²) in [6, 6.07) is 9.30. The summed E-state index contributed by atoms with van der Waals surface area (Å²) in [5.74, 6) is 0.250. The topological polar surface area (TPSA) is 85.6 Å². The fraction of sp³-hybridized carbons (Fsp3) is 0.235. The number of carbonyl (C=O) groups excluding carboxylic acids is 1. The molecule has 1 atom stereocenters. The monoisotopic (exact) mass is 388 g/mol. The van der Waals surface area contributed by atoms with E-state index < -0.39 is 5.25 Å². The zero-order chi connectivity index (χ0) is 18.7. The van der Waals surface area contributed by atoms with Crippen molar-refractivity contribution in [3.63, 3.8) is 0 Å². The maximum Gasteiger partial charge on any atom is 0.238 e. The highest BCUT2D eigenvalue weighted by Gasteiger charge is 2.20. The van der Waals surface area contributed by atoms with Gasteiger partial charge in [-0.1, -0.05) is 29.4 Å². The van der Waals surface area contributed by atoms with E-state index in [-0.39, 0.29) is 5.91 Å². The number of halogens is 1. The van der Waals surface area contributed by atoms with Gasteiger partial charge in [0.15, 0.2) is 0 Å². The molecule has 0 spiro atoms. The SMILES string of the molecule is Cc1ccc(-n2nnnc2SC(C)C(=O)Nc2ccc(Cl)cn2)cc1C. The second-order valence-corrected chi connectivity index (χ2v) is 7.50. The van der Waals surface area contributed by atoms with Crippen molar-refractivity contribution in [2.24, 2.45) is 0 Å². The summed E-state index contributed by atoms with van der Waals surface area (Å²) in [6.45, 7) is 5.87. The average molecular weight is 389 g/mol. The van der Waals surface area contributed by atoms with Gasteiger partial charge < -0.3 is 5.32 Å². The van der Waals surface area contributed by atoms with E-state index in [2.05, 4.69) is 25.8 Å². The number of carbonyl (C=O) groups is 1. The molecular formula is C17H17ClN6OS. The van der Waals surface area contributed by atoms with Gasteiger partial charge in [0.2, 0.25) is 11.1 Å². The molecule has 2 heterocycles. The number of hydrogen-bond donors (Lipinski definition) is 1. The number of anilines is 1. The lowest BCUT2D eigenvalue weighted by atomic mass is 10.1. The summed E-state index contributed by atoms with van der Waals surface area (Å²) in [6.07, 6.45) is 1.48. The number of pyridine rings is 1. The van der Waals surface area contributed by atoms with Crippen molar-refractivity contribution in [3.8, 4) is 5.69 Å². The normalized spacial score (nSPS) is 12.0. The van der Waals surface area contributed by atoms with Gasteiger partial charge >= 0.3 is 0 Å². The molecule has 0 fully saturated rings. The van der Waals surface area contributed by atoms with Crippen LogP contribution in [0.15, 0.2) is 41.7 Å². The first-order chi connectivity index (χ1) is 12.4. The minimum Gasteiger partial charge on any atom is -0.310 e. The average Bonchev–Trinajstić information content (AvgIpc) is 3.07. The Morgan fingerprint density at radius 3 is 2.73 bits per heavy atom. The zero-order valence-electron chi connectivity index (χ0n) is 14.5. The minimum atomic E-state index is -0.413. The smallest absolute Gasteiger partial charge is 0.238 e. The summed E-state index contributed by atoms with van der Waals surface area (Å²) >= 11 is 7.07. The standard InChI is InChI=1S/C17H17ClN6OS/c1-10-4-6-14(8-11(10)2)24-17(21-22-23-24)26-12(3)16(25)20-15-7-5-13(18)9-19-15/h4-9,12H,1-3H3,(H,19,20,25). The third-order valence-electron chi connectivity index (χ3n) is 3.81. The van der Waals surface area contributed by atoms with E-state index in [1.807, 2.05) is 32.0 Å². The fourth-order valence-corrected chi connectivity index (χ4v) is 3.08. The molecule has 1 amide bonds. The van der Waals surface area contributed by atoms with E-state index in [9.17, 15) is 4.79 Å². The maximum absolute atomic E-state index is 12.4. The molecule has 0 bridgehead atoms. The number of nitrogens with one attached hydrogen (secondary N) is 1. The molecule has 0 aliphatic heterocycles. The van der Waals surface area contributed by atoms with E-state index in [0.717, 1.165) is 11.3 Å². The van der Waals surface area contributed by atoms with Crippen LogP contribution < -0.4 is 5.32 Å². The van der Waals surface area contributed by atoms with Crippen molar-refractivity contribution < 1.29 is 4.79 Å². The highest BCUT2D eigenvalue weighted by molar-refractivity contribution is 8.00. The van der Waals surface area contributed by atoms with E-state index in [1.54, 1.807) is 23.7 Å². The molecule has 2 aromatic heterocycles. The Morgan fingerprint density at radius 1 is 1.23 bits per heavy atom. The molecule has 134 valence electrons. The van der Waals surface area contributed by atoms with E-state index in [0.29, 0.717) is 16.0 Å². The summed E-state index contributed by atoms with van der Waals surface area (Å²) in [5.41, 5.74) is 3.19. The van der Waals surface area contributed by atoms with Crippen LogP contribution >= 0.6 is 23.4 Å². The molecule has 0 saturated carbocycles. The number of hydrogen-bond acceptors (Lipinski definition) is 6. The zero-order valence-corrected chi connectivity index (χ0v) is 16.0. The Balaban J connectivity index is 1.72. The van der Waals surface area contributed by atoms with E-state index in [4.69, 9.17) is 11.6 Å². The Kier molecular flexibility index (Phi) is 5.53. The second-order valence-electron chi connectivity index (χ2n) is 5.75. The molecule has 3 rings (SSSR count). The second kappa shape index (κ2) is 7.84. The van der Waals surface area contributed by atoms with Crippen LogP contribution in [0.4, 0.5) is 5.82 Å². The fourth-order valence-electron chi connectivity index (χ4n) is 2.16. The van der Waals surface area contributed by atoms with E-state index in [1.165, 1.54) is 23.5 Å². The molecule has 0 aliphatic rings. The van der Waals surface area contributed by atoms with Gasteiger partial charge in [0.05, 0.1) is 16.0 Å². The first kappa shape index (κ1) is 18.3. The molecule has 7 nitrogen and oxygen atoms in total. The molecule has 26 heavy (non-hydrogen) atoms. The summed E-state index contributed by atoms with van der Waals surface area (Å²) < 4.78 is 1.63. The van der Waals surface area contributed by atoms with Gasteiger partial charge in [-0.05, 0) is 66.6 Å². The maximum atomic E-state index is 12.4. The molecule has 1 unspecified atom stereocenters. The number of aromatic nitrogens is 5. The van der Waals surface area contributed by atoms with Crippen molar-refractivity contribution >= 4 is 35.1 Å². The molecule has 9 heteroatoms. The summed E-state index contributed by atoms with van der Waals surface area (Å²) in [5, 5.41) is 15.2. The molecule has 0 aliphatic carbocycles. The lowest BCUT2D eigenvalue weighted by Crippen LogP contribution is -2.23. The number of nitrogens with zero attached hydrogens (tertiary/aromatic N) is 5. The predicted molar refractivity (Wildman–Crippen MR) is 102 cm³/mol. The number of amides is 1. The van der Waals surface area contributed by atoms with Crippen molar-refractivity contribution in [3.05, 3.63) is 52.7 Å². The van der Waals surface area contributed by atoms with Gasteiger partial charge in [-0.25, -0.2) is 4.98 Å². The van der Waals surface area contributed by atoms with Crippen LogP contribution in [-0.2, 0) is 4.79 Å². The first-order valence-corrected chi connectivity index (χ1v) is 9.15. The molecule has 0 saturated heterocycles. The number of tetrazole rings is 1. The highest BCUT2D eigenvalue weighted by Crippen LogP contribution is 2.24. The lowest BCUT2D eigenvalue weighted by Gasteiger charge is -2.12. The van der Waals surface area contributed by atoms with Crippen molar-refractivity contribution in [2.75, 3.05) is 5.32 Å². The Bertz CT molecular complexity index is 927. The van der Waals surface area contributed by atoms with Crippen molar-refractivity contribution in [1.29, 1.82) is 0 Å². The van der Waals surface area contributed by atoms with Crippen LogP contribution in [0.25, 0.3) is 5.69 Å². The quantitative estimate of drug-likeness (QED) is 0.674. The molecular weight excluding hydrogens is 372 g/mol. The van der Waals surface area contributed by atoms with Gasteiger partial charge in [-0.3, -0.25) is 4.79 Å². The number of thioether (sulfide) groups is 1. The van der Waals surface area contributed by atoms with Crippen molar-refractivity contribution in [2.45, 2.75) is 31.2 Å². The van der Waals surface area contributed by atoms with Gasteiger partial charge in [-0.2, -0.15) is 4.68 Å². The van der Waals surface area contributed by atoms with Gasteiger partial charge in [-0.15, -0.1) is 5.10 Å². The first-order valence-electron chi connectivity index (χ1n) is 7.89. The Hall–Kier alpha value is -2.45. The van der Waals surface area contributed by atoms with Crippen LogP contribution in [0.1, 0.15) is 18.1 Å². The summed E-state index contributed by atoms with van der Waals surface area (Å²) in [7, 11) is 0. The minimum absolute atomic E-state index is 0.195. The van der Waals surface area contributed by atoms with Crippen LogP contribution in [0.2, 0.25) is 5.02 Å². The molecule has 0 radical (unpaired) electrons. The lowest BCUT2D eigenvalue weighted by molar-refractivity contribution is -0.115. The number of benzene rings is 1. The molecule has 3 aromatic rings. The predicted octanol–water partition coefficient (Wildman–Crippen LogP) is 3.45. The molecule has 1 N–H and O–H groups in total. The van der Waals surface area contributed by atoms with E-state index >= 15 is 0 Å². The van der Waals surface area contributed by atoms with Crippen LogP contribution in [0, 0.1) is 13.8 Å². The van der Waals surface area contributed by atoms with Gasteiger partial charge in [0.25, 0.3) is 0 Å². The van der Waals surface area contributed by atoms with Crippen LogP contribution in [0.5, 0.6) is 0 Å². The third-order valence-corrected chi connectivity index (χ3v) is 5.06. The highest BCUT2D eigenvalue weighted by atomic mass is 35.5. The van der Waals surface area contributed by atoms with Crippen LogP contribution in [0.3, 0.4) is 0 Å². The Labute approximate surface area is 160 Å². The number of aryl methyl sites for hydroxylation is 2. The molecule has 1 aromatic carbocycles.